The van der Waals surface area contributed by atoms with Crippen LogP contribution in [0.2, 0.25) is 5.02 Å². The summed E-state index contributed by atoms with van der Waals surface area (Å²) in [5.41, 5.74) is 7.29. The van der Waals surface area contributed by atoms with E-state index >= 15 is 0 Å². The van der Waals surface area contributed by atoms with Gasteiger partial charge in [-0.05, 0) is 65.5 Å². The number of piperidine rings is 1. The lowest BCUT2D eigenvalue weighted by atomic mass is 9.91. The Morgan fingerprint density at radius 1 is 1.40 bits per heavy atom. The van der Waals surface area contributed by atoms with E-state index in [1.807, 2.05) is 6.07 Å². The molecule has 1 atom stereocenters. The Bertz CT molecular complexity index is 430. The molecule has 1 unspecified atom stereocenters. The fourth-order valence-electron chi connectivity index (χ4n) is 3.18. The summed E-state index contributed by atoms with van der Waals surface area (Å²) in [5, 5.41) is 0.756. The molecule has 1 aromatic carbocycles. The molecule has 112 valence electrons. The van der Waals surface area contributed by atoms with E-state index < -0.39 is 0 Å². The Morgan fingerprint density at radius 2 is 2.10 bits per heavy atom. The second kappa shape index (κ2) is 7.79. The maximum absolute atomic E-state index is 6.08. The molecule has 0 aromatic heterocycles. The zero-order valence-corrected chi connectivity index (χ0v) is 14.5. The van der Waals surface area contributed by atoms with Gasteiger partial charge in [0.25, 0.3) is 0 Å². The van der Waals surface area contributed by atoms with Crippen LogP contribution in [0, 0.1) is 5.92 Å². The summed E-state index contributed by atoms with van der Waals surface area (Å²) in [6.45, 7) is 5.26. The molecule has 0 saturated carbocycles. The van der Waals surface area contributed by atoms with E-state index in [1.54, 1.807) is 0 Å². The summed E-state index contributed by atoms with van der Waals surface area (Å²) in [5.74, 6) is 0.909. The first-order valence-corrected chi connectivity index (χ1v) is 8.71. The van der Waals surface area contributed by atoms with E-state index in [0.29, 0.717) is 12.6 Å². The van der Waals surface area contributed by atoms with Crippen molar-refractivity contribution >= 4 is 27.5 Å². The Hall–Kier alpha value is -0.0900. The van der Waals surface area contributed by atoms with Crippen LogP contribution in [0.25, 0.3) is 0 Å². The lowest BCUT2D eigenvalue weighted by Crippen LogP contribution is -2.39. The number of nitrogens with zero attached hydrogens (tertiary/aromatic N) is 1. The number of benzene rings is 1. The molecule has 4 heteroatoms. The number of hydrogen-bond acceptors (Lipinski definition) is 2. The van der Waals surface area contributed by atoms with E-state index in [4.69, 9.17) is 17.3 Å². The minimum Gasteiger partial charge on any atom is -0.329 e. The van der Waals surface area contributed by atoms with Gasteiger partial charge in [-0.1, -0.05) is 37.4 Å². The molecule has 0 amide bonds. The standard InChI is InChI=1S/C16H24BrClN2/c1-2-3-12-6-8-20(9-7-12)16(11-19)13-4-5-15(18)14(17)10-13/h4-5,10,12,16H,2-3,6-9,11,19H2,1H3. The largest absolute Gasteiger partial charge is 0.329 e. The number of rotatable bonds is 5. The highest BCUT2D eigenvalue weighted by Gasteiger charge is 2.25. The molecule has 2 nitrogen and oxygen atoms in total. The van der Waals surface area contributed by atoms with Gasteiger partial charge in [0.05, 0.1) is 5.02 Å². The first-order chi connectivity index (χ1) is 9.65. The molecule has 0 aliphatic carbocycles. The van der Waals surface area contributed by atoms with Gasteiger partial charge in [-0.15, -0.1) is 0 Å². The molecule has 1 heterocycles. The summed E-state index contributed by atoms with van der Waals surface area (Å²) in [6, 6.07) is 6.47. The van der Waals surface area contributed by atoms with Crippen LogP contribution in [0.5, 0.6) is 0 Å². The van der Waals surface area contributed by atoms with Crippen LogP contribution in [0.15, 0.2) is 22.7 Å². The molecule has 2 rings (SSSR count). The fraction of sp³-hybridized carbons (Fsp3) is 0.625. The molecule has 2 N–H and O–H groups in total. The van der Waals surface area contributed by atoms with Crippen molar-refractivity contribution in [2.24, 2.45) is 11.7 Å². The van der Waals surface area contributed by atoms with E-state index in [1.165, 1.54) is 31.2 Å². The first-order valence-electron chi connectivity index (χ1n) is 7.54. The lowest BCUT2D eigenvalue weighted by Gasteiger charge is -2.37. The Balaban J connectivity index is 2.03. The van der Waals surface area contributed by atoms with E-state index in [0.717, 1.165) is 28.5 Å². The van der Waals surface area contributed by atoms with Gasteiger partial charge in [0.2, 0.25) is 0 Å². The summed E-state index contributed by atoms with van der Waals surface area (Å²) >= 11 is 9.58. The van der Waals surface area contributed by atoms with Gasteiger partial charge in [0.15, 0.2) is 0 Å². The van der Waals surface area contributed by atoms with Crippen LogP contribution in [-0.2, 0) is 0 Å². The molecular formula is C16H24BrClN2. The number of nitrogens with two attached hydrogens (primary N) is 1. The highest BCUT2D eigenvalue weighted by molar-refractivity contribution is 9.10. The number of likely N-dealkylation sites (tertiary alicyclic amines) is 1. The topological polar surface area (TPSA) is 29.3 Å². The van der Waals surface area contributed by atoms with Gasteiger partial charge < -0.3 is 5.73 Å². The van der Waals surface area contributed by atoms with Gasteiger partial charge in [-0.3, -0.25) is 4.90 Å². The molecule has 1 aliphatic rings. The average molecular weight is 360 g/mol. The van der Waals surface area contributed by atoms with Gasteiger partial charge in [0, 0.05) is 17.1 Å². The highest BCUT2D eigenvalue weighted by Crippen LogP contribution is 2.31. The third kappa shape index (κ3) is 3.97. The predicted octanol–water partition coefficient (Wildman–Crippen LogP) is 4.61. The summed E-state index contributed by atoms with van der Waals surface area (Å²) < 4.78 is 0.955. The Morgan fingerprint density at radius 3 is 2.65 bits per heavy atom. The van der Waals surface area contributed by atoms with Crippen molar-refractivity contribution in [2.45, 2.75) is 38.6 Å². The quantitative estimate of drug-likeness (QED) is 0.831. The summed E-state index contributed by atoms with van der Waals surface area (Å²) in [7, 11) is 0. The normalized spacial score (nSPS) is 19.2. The first kappa shape index (κ1) is 16.3. The van der Waals surface area contributed by atoms with Crippen molar-refractivity contribution in [1.82, 2.24) is 4.90 Å². The van der Waals surface area contributed by atoms with E-state index in [-0.39, 0.29) is 0 Å². The second-order valence-electron chi connectivity index (χ2n) is 5.69. The predicted molar refractivity (Wildman–Crippen MR) is 90.2 cm³/mol. The Labute approximate surface area is 135 Å². The van der Waals surface area contributed by atoms with Crippen molar-refractivity contribution in [3.8, 4) is 0 Å². The molecule has 1 saturated heterocycles. The van der Waals surface area contributed by atoms with Crippen molar-refractivity contribution in [3.05, 3.63) is 33.3 Å². The monoisotopic (exact) mass is 358 g/mol. The third-order valence-electron chi connectivity index (χ3n) is 4.34. The maximum atomic E-state index is 6.08. The smallest absolute Gasteiger partial charge is 0.0548 e. The zero-order valence-electron chi connectivity index (χ0n) is 12.1. The molecule has 0 bridgehead atoms. The van der Waals surface area contributed by atoms with Gasteiger partial charge in [0.1, 0.15) is 0 Å². The van der Waals surface area contributed by atoms with Crippen molar-refractivity contribution in [3.63, 3.8) is 0 Å². The fourth-order valence-corrected chi connectivity index (χ4v) is 3.69. The lowest BCUT2D eigenvalue weighted by molar-refractivity contribution is 0.131. The number of halogens is 2. The van der Waals surface area contributed by atoms with Gasteiger partial charge >= 0.3 is 0 Å². The molecule has 1 aromatic rings. The third-order valence-corrected chi connectivity index (χ3v) is 5.55. The van der Waals surface area contributed by atoms with Crippen molar-refractivity contribution < 1.29 is 0 Å². The molecule has 1 aliphatic heterocycles. The van der Waals surface area contributed by atoms with Crippen LogP contribution >= 0.6 is 27.5 Å². The minimum absolute atomic E-state index is 0.311. The molecule has 0 spiro atoms. The molecule has 1 fully saturated rings. The highest BCUT2D eigenvalue weighted by atomic mass is 79.9. The summed E-state index contributed by atoms with van der Waals surface area (Å²) in [4.78, 5) is 2.53. The Kier molecular flexibility index (Phi) is 6.34. The maximum Gasteiger partial charge on any atom is 0.0548 e. The second-order valence-corrected chi connectivity index (χ2v) is 6.95. The van der Waals surface area contributed by atoms with Crippen molar-refractivity contribution in [2.75, 3.05) is 19.6 Å². The zero-order chi connectivity index (χ0) is 14.5. The van der Waals surface area contributed by atoms with Gasteiger partial charge in [-0.25, -0.2) is 0 Å². The van der Waals surface area contributed by atoms with Crippen LogP contribution in [0.1, 0.15) is 44.2 Å². The summed E-state index contributed by atoms with van der Waals surface area (Å²) in [6.07, 6.45) is 5.28. The van der Waals surface area contributed by atoms with E-state index in [2.05, 4.69) is 39.9 Å². The average Bonchev–Trinajstić information content (AvgIpc) is 2.46. The van der Waals surface area contributed by atoms with E-state index in [9.17, 15) is 0 Å². The molecule has 0 radical (unpaired) electrons. The van der Waals surface area contributed by atoms with Crippen molar-refractivity contribution in [1.29, 1.82) is 0 Å². The minimum atomic E-state index is 0.311. The van der Waals surface area contributed by atoms with Crippen LogP contribution in [0.3, 0.4) is 0 Å². The molecule has 20 heavy (non-hydrogen) atoms. The molecular weight excluding hydrogens is 336 g/mol. The number of hydrogen-bond donors (Lipinski definition) is 1. The van der Waals surface area contributed by atoms with Gasteiger partial charge in [-0.2, -0.15) is 0 Å². The SMILES string of the molecule is CCCC1CCN(C(CN)c2ccc(Cl)c(Br)c2)CC1. The van der Waals surface area contributed by atoms with Crippen LogP contribution in [0.4, 0.5) is 0 Å². The van der Waals surface area contributed by atoms with Crippen LogP contribution < -0.4 is 5.73 Å². The van der Waals surface area contributed by atoms with Crippen LogP contribution in [-0.4, -0.2) is 24.5 Å².